The minimum Gasteiger partial charge on any atom is -0.389 e. The van der Waals surface area contributed by atoms with Gasteiger partial charge in [0.2, 0.25) is 0 Å². The van der Waals surface area contributed by atoms with E-state index in [1.54, 1.807) is 0 Å². The van der Waals surface area contributed by atoms with Gasteiger partial charge >= 0.3 is 0 Å². The monoisotopic (exact) mass is 154 g/mol. The van der Waals surface area contributed by atoms with Crippen LogP contribution in [0.2, 0.25) is 0 Å². The molecule has 0 heterocycles. The summed E-state index contributed by atoms with van der Waals surface area (Å²) in [7, 11) is 0. The molecule has 0 radical (unpaired) electrons. The Bertz CT molecular complexity index is 147. The van der Waals surface area contributed by atoms with E-state index in [-0.39, 0.29) is 6.10 Å². The summed E-state index contributed by atoms with van der Waals surface area (Å²) in [5.41, 5.74) is 1.25. The topological polar surface area (TPSA) is 20.2 Å². The van der Waals surface area contributed by atoms with Crippen molar-refractivity contribution in [3.05, 3.63) is 11.6 Å². The second kappa shape index (κ2) is 3.91. The number of allylic oxidation sites excluding steroid dienone is 1. The molecule has 11 heavy (non-hydrogen) atoms. The van der Waals surface area contributed by atoms with Gasteiger partial charge in [-0.2, -0.15) is 0 Å². The highest BCUT2D eigenvalue weighted by Gasteiger charge is 2.14. The molecule has 0 saturated heterocycles. The SMILES string of the molecule is CCC1C=C(C(C)O)CCC1. The van der Waals surface area contributed by atoms with E-state index in [0.717, 1.165) is 12.3 Å². The van der Waals surface area contributed by atoms with Gasteiger partial charge < -0.3 is 5.11 Å². The predicted molar refractivity (Wildman–Crippen MR) is 47.4 cm³/mol. The van der Waals surface area contributed by atoms with Crippen molar-refractivity contribution < 1.29 is 5.11 Å². The molecule has 0 aromatic heterocycles. The van der Waals surface area contributed by atoms with Crippen LogP contribution in [0, 0.1) is 5.92 Å². The van der Waals surface area contributed by atoms with Crippen molar-refractivity contribution in [1.29, 1.82) is 0 Å². The molecule has 1 aliphatic rings. The molecule has 0 bridgehead atoms. The van der Waals surface area contributed by atoms with Gasteiger partial charge in [-0.05, 0) is 44.1 Å². The Morgan fingerprint density at radius 1 is 1.73 bits per heavy atom. The Kier molecular flexibility index (Phi) is 3.13. The molecule has 1 aliphatic carbocycles. The Balaban J connectivity index is 2.57. The van der Waals surface area contributed by atoms with Crippen molar-refractivity contribution in [2.45, 2.75) is 45.6 Å². The largest absolute Gasteiger partial charge is 0.389 e. The molecule has 2 atom stereocenters. The lowest BCUT2D eigenvalue weighted by atomic mass is 9.87. The molecule has 0 spiro atoms. The summed E-state index contributed by atoms with van der Waals surface area (Å²) in [6.45, 7) is 4.08. The summed E-state index contributed by atoms with van der Waals surface area (Å²) < 4.78 is 0. The molecule has 0 aromatic carbocycles. The summed E-state index contributed by atoms with van der Waals surface area (Å²) in [4.78, 5) is 0. The standard InChI is InChI=1S/C10H18O/c1-3-9-5-4-6-10(7-9)8(2)11/h7-9,11H,3-6H2,1-2H3. The van der Waals surface area contributed by atoms with E-state index in [0.29, 0.717) is 0 Å². The van der Waals surface area contributed by atoms with Crippen LogP contribution >= 0.6 is 0 Å². The van der Waals surface area contributed by atoms with E-state index in [4.69, 9.17) is 0 Å². The van der Waals surface area contributed by atoms with E-state index < -0.39 is 0 Å². The van der Waals surface area contributed by atoms with Crippen molar-refractivity contribution in [3.8, 4) is 0 Å². The zero-order valence-corrected chi connectivity index (χ0v) is 7.51. The molecule has 64 valence electrons. The third kappa shape index (κ3) is 2.33. The maximum atomic E-state index is 9.32. The molecular weight excluding hydrogens is 136 g/mol. The van der Waals surface area contributed by atoms with Crippen LogP contribution in [0.3, 0.4) is 0 Å². The Labute approximate surface area is 69.1 Å². The average molecular weight is 154 g/mol. The first-order valence-electron chi connectivity index (χ1n) is 4.62. The normalized spacial score (nSPS) is 27.9. The fraction of sp³-hybridized carbons (Fsp3) is 0.800. The second-order valence-electron chi connectivity index (χ2n) is 3.48. The van der Waals surface area contributed by atoms with Crippen LogP contribution in [0.1, 0.15) is 39.5 Å². The number of hydrogen-bond acceptors (Lipinski definition) is 1. The summed E-state index contributed by atoms with van der Waals surface area (Å²) in [6.07, 6.45) is 6.95. The van der Waals surface area contributed by atoms with Crippen LogP contribution in [0.25, 0.3) is 0 Å². The number of aliphatic hydroxyl groups excluding tert-OH is 1. The van der Waals surface area contributed by atoms with E-state index in [9.17, 15) is 5.11 Å². The minimum absolute atomic E-state index is 0.218. The maximum Gasteiger partial charge on any atom is 0.0722 e. The molecule has 0 aromatic rings. The van der Waals surface area contributed by atoms with Crippen molar-refractivity contribution in [2.24, 2.45) is 5.92 Å². The van der Waals surface area contributed by atoms with Gasteiger partial charge in [-0.15, -0.1) is 0 Å². The fourth-order valence-electron chi connectivity index (χ4n) is 1.71. The third-order valence-corrected chi connectivity index (χ3v) is 2.55. The van der Waals surface area contributed by atoms with Crippen molar-refractivity contribution in [1.82, 2.24) is 0 Å². The van der Waals surface area contributed by atoms with Crippen LogP contribution in [-0.4, -0.2) is 11.2 Å². The van der Waals surface area contributed by atoms with E-state index >= 15 is 0 Å². The lowest BCUT2D eigenvalue weighted by molar-refractivity contribution is 0.221. The number of hydrogen-bond donors (Lipinski definition) is 1. The zero-order chi connectivity index (χ0) is 8.27. The van der Waals surface area contributed by atoms with Crippen LogP contribution in [0.5, 0.6) is 0 Å². The molecule has 1 heteroatoms. The van der Waals surface area contributed by atoms with Gasteiger partial charge in [0.1, 0.15) is 0 Å². The van der Waals surface area contributed by atoms with Crippen LogP contribution < -0.4 is 0 Å². The summed E-state index contributed by atoms with van der Waals surface area (Å²) in [5.74, 6) is 0.730. The summed E-state index contributed by atoms with van der Waals surface area (Å²) in [6, 6.07) is 0. The first-order valence-corrected chi connectivity index (χ1v) is 4.62. The first kappa shape index (κ1) is 8.79. The molecule has 0 aliphatic heterocycles. The maximum absolute atomic E-state index is 9.32. The highest BCUT2D eigenvalue weighted by Crippen LogP contribution is 2.26. The third-order valence-electron chi connectivity index (χ3n) is 2.55. The molecule has 0 amide bonds. The highest BCUT2D eigenvalue weighted by atomic mass is 16.3. The molecule has 1 rings (SSSR count). The molecular formula is C10H18O. The van der Waals surface area contributed by atoms with E-state index in [1.165, 1.54) is 24.8 Å². The van der Waals surface area contributed by atoms with Crippen molar-refractivity contribution in [2.75, 3.05) is 0 Å². The minimum atomic E-state index is -0.218. The summed E-state index contributed by atoms with van der Waals surface area (Å²) in [5, 5.41) is 9.32. The predicted octanol–water partition coefficient (Wildman–Crippen LogP) is 2.50. The lowest BCUT2D eigenvalue weighted by Gasteiger charge is -2.21. The quantitative estimate of drug-likeness (QED) is 0.606. The van der Waals surface area contributed by atoms with Gasteiger partial charge in [0.15, 0.2) is 0 Å². The first-order chi connectivity index (χ1) is 5.24. The second-order valence-corrected chi connectivity index (χ2v) is 3.48. The number of rotatable bonds is 2. The fourth-order valence-corrected chi connectivity index (χ4v) is 1.71. The van der Waals surface area contributed by atoms with Crippen molar-refractivity contribution >= 4 is 0 Å². The molecule has 1 N–H and O–H groups in total. The van der Waals surface area contributed by atoms with Gasteiger partial charge in [-0.3, -0.25) is 0 Å². The molecule has 0 fully saturated rings. The van der Waals surface area contributed by atoms with Crippen LogP contribution in [-0.2, 0) is 0 Å². The van der Waals surface area contributed by atoms with Gasteiger partial charge in [-0.25, -0.2) is 0 Å². The van der Waals surface area contributed by atoms with Gasteiger partial charge in [0.05, 0.1) is 6.10 Å². The summed E-state index contributed by atoms with van der Waals surface area (Å²) >= 11 is 0. The average Bonchev–Trinajstić information content (AvgIpc) is 2.05. The molecule has 1 nitrogen and oxygen atoms in total. The van der Waals surface area contributed by atoms with E-state index in [2.05, 4.69) is 13.0 Å². The Hall–Kier alpha value is -0.300. The van der Waals surface area contributed by atoms with Crippen LogP contribution in [0.15, 0.2) is 11.6 Å². The number of aliphatic hydroxyl groups is 1. The smallest absolute Gasteiger partial charge is 0.0722 e. The zero-order valence-electron chi connectivity index (χ0n) is 7.51. The highest BCUT2D eigenvalue weighted by molar-refractivity contribution is 5.11. The molecule has 0 saturated carbocycles. The Morgan fingerprint density at radius 2 is 2.45 bits per heavy atom. The Morgan fingerprint density at radius 3 is 3.00 bits per heavy atom. The lowest BCUT2D eigenvalue weighted by Crippen LogP contribution is -2.11. The van der Waals surface area contributed by atoms with Crippen molar-refractivity contribution in [3.63, 3.8) is 0 Å². The van der Waals surface area contributed by atoms with Crippen LogP contribution in [0.4, 0.5) is 0 Å². The van der Waals surface area contributed by atoms with Gasteiger partial charge in [0.25, 0.3) is 0 Å². The van der Waals surface area contributed by atoms with Gasteiger partial charge in [-0.1, -0.05) is 13.0 Å². The molecule has 2 unspecified atom stereocenters. The van der Waals surface area contributed by atoms with Gasteiger partial charge in [0, 0.05) is 0 Å². The van der Waals surface area contributed by atoms with E-state index in [1.807, 2.05) is 6.92 Å².